The molecule has 0 aliphatic carbocycles. The molecule has 6 heteroatoms. The molecule has 0 aliphatic heterocycles. The highest BCUT2D eigenvalue weighted by molar-refractivity contribution is 5.81. The topological polar surface area (TPSA) is 93.1 Å². The highest BCUT2D eigenvalue weighted by Gasteiger charge is 2.21. The van der Waals surface area contributed by atoms with E-state index in [0.717, 1.165) is 12.8 Å². The first kappa shape index (κ1) is 14.9. The summed E-state index contributed by atoms with van der Waals surface area (Å²) in [6.45, 7) is 1.73. The Morgan fingerprint density at radius 3 is 2.50 bits per heavy atom. The van der Waals surface area contributed by atoms with Crippen LogP contribution in [0.2, 0.25) is 0 Å². The molecule has 0 heterocycles. The molecule has 0 aromatic carbocycles. The lowest BCUT2D eigenvalue weighted by molar-refractivity contribution is -0.160. The van der Waals surface area contributed by atoms with Crippen LogP contribution in [-0.2, 0) is 19.1 Å². The van der Waals surface area contributed by atoms with Crippen LogP contribution in [0.5, 0.6) is 0 Å². The van der Waals surface area contributed by atoms with E-state index >= 15 is 0 Å². The van der Waals surface area contributed by atoms with E-state index in [4.69, 9.17) is 9.84 Å². The summed E-state index contributed by atoms with van der Waals surface area (Å²) in [5.41, 5.74) is 0. The number of carbonyl (C=O) groups is 2. The SMILES string of the molecule is CCCCOC(=O)CC(O)C(=O)OCCO. The summed E-state index contributed by atoms with van der Waals surface area (Å²) in [6.07, 6.45) is -0.306. The van der Waals surface area contributed by atoms with Gasteiger partial charge in [0.1, 0.15) is 6.61 Å². The molecule has 0 spiro atoms. The van der Waals surface area contributed by atoms with E-state index in [1.807, 2.05) is 6.92 Å². The minimum atomic E-state index is -1.53. The van der Waals surface area contributed by atoms with Crippen LogP contribution in [-0.4, -0.2) is 48.1 Å². The van der Waals surface area contributed by atoms with Crippen LogP contribution >= 0.6 is 0 Å². The van der Waals surface area contributed by atoms with Gasteiger partial charge in [0.25, 0.3) is 0 Å². The third-order valence-corrected chi connectivity index (χ3v) is 1.73. The predicted octanol–water partition coefficient (Wildman–Crippen LogP) is -0.384. The Balaban J connectivity index is 3.71. The average Bonchev–Trinajstić information content (AvgIpc) is 2.26. The molecule has 2 N–H and O–H groups in total. The maximum absolute atomic E-state index is 11.1. The summed E-state index contributed by atoms with van der Waals surface area (Å²) in [5.74, 6) is -1.57. The second-order valence-electron chi connectivity index (χ2n) is 3.19. The van der Waals surface area contributed by atoms with Crippen molar-refractivity contribution in [2.75, 3.05) is 19.8 Å². The van der Waals surface area contributed by atoms with Gasteiger partial charge in [0.05, 0.1) is 19.6 Å². The third-order valence-electron chi connectivity index (χ3n) is 1.73. The van der Waals surface area contributed by atoms with Crippen LogP contribution in [0.4, 0.5) is 0 Å². The minimum absolute atomic E-state index is 0.194. The molecule has 6 nitrogen and oxygen atoms in total. The van der Waals surface area contributed by atoms with Crippen molar-refractivity contribution < 1.29 is 29.3 Å². The number of hydrogen-bond donors (Lipinski definition) is 2. The predicted molar refractivity (Wildman–Crippen MR) is 54.5 cm³/mol. The number of aliphatic hydroxyl groups is 2. The smallest absolute Gasteiger partial charge is 0.335 e. The molecule has 1 unspecified atom stereocenters. The molecule has 0 aromatic rings. The number of rotatable bonds is 8. The van der Waals surface area contributed by atoms with E-state index in [9.17, 15) is 14.7 Å². The van der Waals surface area contributed by atoms with Crippen LogP contribution in [0, 0.1) is 0 Å². The second-order valence-corrected chi connectivity index (χ2v) is 3.19. The number of carbonyl (C=O) groups excluding carboxylic acids is 2. The molecule has 0 amide bonds. The molecular weight excluding hydrogens is 216 g/mol. The Morgan fingerprint density at radius 1 is 1.25 bits per heavy atom. The Kier molecular flexibility index (Phi) is 8.46. The van der Waals surface area contributed by atoms with Crippen molar-refractivity contribution in [3.8, 4) is 0 Å². The molecule has 0 bridgehead atoms. The number of aliphatic hydroxyl groups excluding tert-OH is 2. The van der Waals surface area contributed by atoms with Crippen molar-refractivity contribution in [2.45, 2.75) is 32.3 Å². The zero-order chi connectivity index (χ0) is 12.4. The fourth-order valence-corrected chi connectivity index (χ4v) is 0.873. The first-order valence-electron chi connectivity index (χ1n) is 5.23. The minimum Gasteiger partial charge on any atom is -0.466 e. The van der Waals surface area contributed by atoms with E-state index in [0.29, 0.717) is 0 Å². The van der Waals surface area contributed by atoms with Gasteiger partial charge in [0, 0.05) is 0 Å². The summed E-state index contributed by atoms with van der Waals surface area (Å²) >= 11 is 0. The molecule has 1 atom stereocenters. The van der Waals surface area contributed by atoms with Gasteiger partial charge in [0.2, 0.25) is 0 Å². The Labute approximate surface area is 94.2 Å². The van der Waals surface area contributed by atoms with Gasteiger partial charge in [-0.2, -0.15) is 0 Å². The molecule has 0 aromatic heterocycles. The molecule has 0 rings (SSSR count). The lowest BCUT2D eigenvalue weighted by atomic mass is 10.2. The van der Waals surface area contributed by atoms with E-state index < -0.39 is 24.5 Å². The molecule has 0 fully saturated rings. The third kappa shape index (κ3) is 7.19. The van der Waals surface area contributed by atoms with Crippen LogP contribution in [0.1, 0.15) is 26.2 Å². The lowest BCUT2D eigenvalue weighted by Crippen LogP contribution is -2.27. The van der Waals surface area contributed by atoms with Crippen LogP contribution in [0.15, 0.2) is 0 Å². The molecular formula is C10H18O6. The molecule has 0 saturated heterocycles. The van der Waals surface area contributed by atoms with Gasteiger partial charge in [0.15, 0.2) is 6.10 Å². The van der Waals surface area contributed by atoms with Crippen molar-refractivity contribution >= 4 is 11.9 Å². The van der Waals surface area contributed by atoms with E-state index in [1.165, 1.54) is 0 Å². The second kappa shape index (κ2) is 9.11. The Morgan fingerprint density at radius 2 is 1.94 bits per heavy atom. The highest BCUT2D eigenvalue weighted by Crippen LogP contribution is 1.99. The van der Waals surface area contributed by atoms with Gasteiger partial charge in [-0.05, 0) is 6.42 Å². The molecule has 94 valence electrons. The summed E-state index contributed by atoms with van der Waals surface area (Å²) in [7, 11) is 0. The normalized spacial score (nSPS) is 11.9. The number of esters is 2. The van der Waals surface area contributed by atoms with Gasteiger partial charge in [-0.3, -0.25) is 4.79 Å². The highest BCUT2D eigenvalue weighted by atomic mass is 16.6. The summed E-state index contributed by atoms with van der Waals surface area (Å²) < 4.78 is 9.18. The van der Waals surface area contributed by atoms with Crippen LogP contribution < -0.4 is 0 Å². The van der Waals surface area contributed by atoms with Crippen LogP contribution in [0.3, 0.4) is 0 Å². The van der Waals surface area contributed by atoms with Gasteiger partial charge in [-0.15, -0.1) is 0 Å². The molecule has 0 aliphatic rings. The van der Waals surface area contributed by atoms with Crippen molar-refractivity contribution in [3.05, 3.63) is 0 Å². The zero-order valence-corrected chi connectivity index (χ0v) is 9.35. The van der Waals surface area contributed by atoms with Crippen LogP contribution in [0.25, 0.3) is 0 Å². The number of ether oxygens (including phenoxy) is 2. The van der Waals surface area contributed by atoms with Gasteiger partial charge >= 0.3 is 11.9 Å². The molecule has 0 saturated carbocycles. The maximum Gasteiger partial charge on any atom is 0.335 e. The molecule has 16 heavy (non-hydrogen) atoms. The molecule has 0 radical (unpaired) electrons. The van der Waals surface area contributed by atoms with Crippen molar-refractivity contribution in [2.24, 2.45) is 0 Å². The van der Waals surface area contributed by atoms with E-state index in [1.54, 1.807) is 0 Å². The van der Waals surface area contributed by atoms with E-state index in [-0.39, 0.29) is 19.8 Å². The zero-order valence-electron chi connectivity index (χ0n) is 9.35. The van der Waals surface area contributed by atoms with Crippen molar-refractivity contribution in [1.82, 2.24) is 0 Å². The fourth-order valence-electron chi connectivity index (χ4n) is 0.873. The average molecular weight is 234 g/mol. The summed E-state index contributed by atoms with van der Waals surface area (Å²) in [4.78, 5) is 22.0. The first-order chi connectivity index (χ1) is 7.61. The van der Waals surface area contributed by atoms with Crippen molar-refractivity contribution in [3.63, 3.8) is 0 Å². The number of unbranched alkanes of at least 4 members (excludes halogenated alkanes) is 1. The van der Waals surface area contributed by atoms with Gasteiger partial charge < -0.3 is 19.7 Å². The Hall–Kier alpha value is -1.14. The summed E-state index contributed by atoms with van der Waals surface area (Å²) in [6, 6.07) is 0. The standard InChI is InChI=1S/C10H18O6/c1-2-3-5-15-9(13)7-8(12)10(14)16-6-4-11/h8,11-12H,2-7H2,1H3. The monoisotopic (exact) mass is 234 g/mol. The largest absolute Gasteiger partial charge is 0.466 e. The first-order valence-corrected chi connectivity index (χ1v) is 5.23. The van der Waals surface area contributed by atoms with E-state index in [2.05, 4.69) is 4.74 Å². The Bertz CT molecular complexity index is 215. The van der Waals surface area contributed by atoms with Gasteiger partial charge in [-0.1, -0.05) is 13.3 Å². The maximum atomic E-state index is 11.1. The van der Waals surface area contributed by atoms with Crippen molar-refractivity contribution in [1.29, 1.82) is 0 Å². The quantitative estimate of drug-likeness (QED) is 0.439. The van der Waals surface area contributed by atoms with Gasteiger partial charge in [-0.25, -0.2) is 4.79 Å². The number of hydrogen-bond acceptors (Lipinski definition) is 6. The summed E-state index contributed by atoms with van der Waals surface area (Å²) in [5, 5.41) is 17.6. The lowest BCUT2D eigenvalue weighted by Gasteiger charge is -2.09. The fraction of sp³-hybridized carbons (Fsp3) is 0.800.